The summed E-state index contributed by atoms with van der Waals surface area (Å²) in [5.41, 5.74) is 8.38. The summed E-state index contributed by atoms with van der Waals surface area (Å²) in [7, 11) is 0. The van der Waals surface area contributed by atoms with Crippen molar-refractivity contribution in [3.8, 4) is 0 Å². The van der Waals surface area contributed by atoms with Gasteiger partial charge in [-0.3, -0.25) is 9.59 Å². The van der Waals surface area contributed by atoms with Gasteiger partial charge < -0.3 is 20.9 Å². The maximum Gasteiger partial charge on any atom is 0.246 e. The van der Waals surface area contributed by atoms with Crippen molar-refractivity contribution >= 4 is 41.2 Å². The molecule has 0 bridgehead atoms. The van der Waals surface area contributed by atoms with E-state index in [0.29, 0.717) is 31.8 Å². The maximum absolute atomic E-state index is 13.4. The van der Waals surface area contributed by atoms with Crippen LogP contribution in [-0.2, 0) is 9.59 Å². The second kappa shape index (κ2) is 12.9. The molecule has 2 aromatic carbocycles. The van der Waals surface area contributed by atoms with Gasteiger partial charge in [0.15, 0.2) is 17.5 Å². The second-order valence-corrected chi connectivity index (χ2v) is 10.7. The molecule has 1 aromatic heterocycles. The number of carbonyl (C=O) groups excluding carboxylic acids is 2. The average molecular weight is 575 g/mol. The Morgan fingerprint density at radius 2 is 1.65 bits per heavy atom. The number of benzene rings is 2. The summed E-state index contributed by atoms with van der Waals surface area (Å²) in [6, 6.07) is 9.77. The molecule has 0 radical (unpaired) electrons. The summed E-state index contributed by atoms with van der Waals surface area (Å²) in [6.07, 6.45) is 9.83. The Morgan fingerprint density at radius 1 is 1.00 bits per heavy atom. The van der Waals surface area contributed by atoms with Crippen LogP contribution in [0.2, 0.25) is 0 Å². The topological polar surface area (TPSA) is 91.2 Å². The van der Waals surface area contributed by atoms with Crippen LogP contribution in [0.15, 0.2) is 48.7 Å². The van der Waals surface area contributed by atoms with E-state index >= 15 is 0 Å². The summed E-state index contributed by atoms with van der Waals surface area (Å²) in [4.78, 5) is 30.0. The Morgan fingerprint density at radius 3 is 2.30 bits per heavy atom. The molecule has 1 saturated heterocycles. The van der Waals surface area contributed by atoms with Gasteiger partial charge in [-0.1, -0.05) is 18.2 Å². The highest BCUT2D eigenvalue weighted by Gasteiger charge is 2.34. The predicted molar refractivity (Wildman–Crippen MR) is 151 cm³/mol. The van der Waals surface area contributed by atoms with Crippen molar-refractivity contribution in [1.29, 1.82) is 0 Å². The molecule has 40 heavy (non-hydrogen) atoms. The van der Waals surface area contributed by atoms with Crippen LogP contribution in [-0.4, -0.2) is 46.9 Å². The molecule has 10 heteroatoms. The number of nitrogens with two attached hydrogens (primary N) is 1. The summed E-state index contributed by atoms with van der Waals surface area (Å²) in [5.74, 6) is -4.34. The smallest absolute Gasteiger partial charge is 0.246 e. The molecule has 3 aromatic rings. The Bertz CT molecular complexity index is 1360. The van der Waals surface area contributed by atoms with E-state index in [9.17, 15) is 22.8 Å². The zero-order valence-electron chi connectivity index (χ0n) is 22.0. The molecule has 5 rings (SSSR count). The molecule has 2 fully saturated rings. The minimum absolute atomic E-state index is 0. The largest absolute Gasteiger partial charge is 0.368 e. The molecule has 4 N–H and O–H groups in total. The van der Waals surface area contributed by atoms with Gasteiger partial charge in [0.05, 0.1) is 6.04 Å². The number of rotatable bonds is 7. The minimum Gasteiger partial charge on any atom is -0.368 e. The molecule has 2 aliphatic rings. The fraction of sp³-hybridized carbons (Fsp3) is 0.400. The van der Waals surface area contributed by atoms with Gasteiger partial charge >= 0.3 is 0 Å². The second-order valence-electron chi connectivity index (χ2n) is 10.7. The van der Waals surface area contributed by atoms with Gasteiger partial charge in [-0.2, -0.15) is 0 Å². The number of amides is 2. The molecule has 2 amide bonds. The van der Waals surface area contributed by atoms with Crippen molar-refractivity contribution in [3.63, 3.8) is 0 Å². The molecule has 214 valence electrons. The molecular weight excluding hydrogens is 541 g/mol. The molecule has 2 heterocycles. The van der Waals surface area contributed by atoms with Crippen LogP contribution >= 0.6 is 12.4 Å². The first kappa shape index (κ1) is 29.7. The third-order valence-electron chi connectivity index (χ3n) is 8.26. The fourth-order valence-corrected chi connectivity index (χ4v) is 6.10. The lowest BCUT2D eigenvalue weighted by molar-refractivity contribution is -0.128. The molecule has 1 saturated carbocycles. The van der Waals surface area contributed by atoms with Crippen LogP contribution in [0.3, 0.4) is 0 Å². The number of primary amides is 1. The number of piperidine rings is 1. The van der Waals surface area contributed by atoms with E-state index < -0.39 is 23.5 Å². The third-order valence-corrected chi connectivity index (χ3v) is 8.26. The first-order valence-corrected chi connectivity index (χ1v) is 13.5. The number of H-pyrrole nitrogens is 1. The molecule has 1 unspecified atom stereocenters. The molecule has 6 nitrogen and oxygen atoms in total. The first-order valence-electron chi connectivity index (χ1n) is 13.5. The van der Waals surface area contributed by atoms with Crippen molar-refractivity contribution in [2.24, 2.45) is 11.7 Å². The standard InChI is InChI=1S/C30H33F3N4O2.ClH/c31-24-15-18(16-25(32)28(24)33)5-10-27(38)37-13-11-20(12-14-37)29(30(34)39)36-21-8-6-19(7-9-21)23-17-35-26-4-2-1-3-22(23)26;/h1-5,10,15-17,19-21,29,35-36H,6-9,11-14H2,(H2,34,39);1H/b10-5+;. The fourth-order valence-electron chi connectivity index (χ4n) is 6.10. The van der Waals surface area contributed by atoms with Crippen LogP contribution in [0.1, 0.15) is 55.6 Å². The van der Waals surface area contributed by atoms with E-state index in [2.05, 4.69) is 34.7 Å². The molecule has 1 aliphatic carbocycles. The van der Waals surface area contributed by atoms with E-state index in [1.165, 1.54) is 23.1 Å². The normalized spacial score (nSPS) is 20.9. The highest BCUT2D eigenvalue weighted by atomic mass is 35.5. The Hall–Kier alpha value is -3.30. The number of nitrogens with zero attached hydrogens (tertiary/aromatic N) is 1. The molecular formula is C30H34ClF3N4O2. The highest BCUT2D eigenvalue weighted by Crippen LogP contribution is 2.37. The SMILES string of the molecule is Cl.NC(=O)C(NC1CCC(c2c[nH]c3ccccc23)CC1)C1CCN(C(=O)/C=C/c2cc(F)c(F)c(F)c2)CC1. The number of carbonyl (C=O) groups is 2. The lowest BCUT2D eigenvalue weighted by Gasteiger charge is -2.38. The summed E-state index contributed by atoms with van der Waals surface area (Å²) in [6.45, 7) is 0.886. The van der Waals surface area contributed by atoms with E-state index in [1.807, 2.05) is 6.07 Å². The first-order chi connectivity index (χ1) is 18.8. The summed E-state index contributed by atoms with van der Waals surface area (Å²) < 4.78 is 40.0. The number of aromatic amines is 1. The van der Waals surface area contributed by atoms with Crippen molar-refractivity contribution in [1.82, 2.24) is 15.2 Å². The quantitative estimate of drug-likeness (QED) is 0.260. The number of para-hydroxylation sites is 1. The van der Waals surface area contributed by atoms with Gasteiger partial charge in [-0.25, -0.2) is 13.2 Å². The van der Waals surface area contributed by atoms with Gasteiger partial charge in [0.25, 0.3) is 0 Å². The number of fused-ring (bicyclic) bond motifs is 1. The Kier molecular flexibility index (Phi) is 9.58. The Labute approximate surface area is 237 Å². The highest BCUT2D eigenvalue weighted by molar-refractivity contribution is 5.92. The van der Waals surface area contributed by atoms with E-state index in [4.69, 9.17) is 5.73 Å². The molecule has 1 aliphatic heterocycles. The zero-order valence-corrected chi connectivity index (χ0v) is 22.9. The van der Waals surface area contributed by atoms with Crippen LogP contribution in [0.25, 0.3) is 17.0 Å². The van der Waals surface area contributed by atoms with Crippen molar-refractivity contribution in [3.05, 3.63) is 77.2 Å². The number of nitrogens with one attached hydrogen (secondary N) is 2. The summed E-state index contributed by atoms with van der Waals surface area (Å²) in [5, 5.41) is 4.81. The van der Waals surface area contributed by atoms with Crippen LogP contribution < -0.4 is 11.1 Å². The summed E-state index contributed by atoms with van der Waals surface area (Å²) >= 11 is 0. The molecule has 0 spiro atoms. The predicted octanol–water partition coefficient (Wildman–Crippen LogP) is 5.43. The number of likely N-dealkylation sites (tertiary alicyclic amines) is 1. The number of hydrogen-bond donors (Lipinski definition) is 3. The van der Waals surface area contributed by atoms with Crippen LogP contribution in [0, 0.1) is 23.4 Å². The minimum atomic E-state index is -1.54. The zero-order chi connectivity index (χ0) is 27.5. The van der Waals surface area contributed by atoms with Crippen molar-refractivity contribution in [2.75, 3.05) is 13.1 Å². The molecule has 1 atom stereocenters. The Balaban J connectivity index is 0.00000370. The van der Waals surface area contributed by atoms with Crippen molar-refractivity contribution in [2.45, 2.75) is 56.5 Å². The van der Waals surface area contributed by atoms with E-state index in [0.717, 1.165) is 43.3 Å². The average Bonchev–Trinajstić information content (AvgIpc) is 3.38. The maximum atomic E-state index is 13.4. The van der Waals surface area contributed by atoms with E-state index in [-0.39, 0.29) is 41.7 Å². The third kappa shape index (κ3) is 6.53. The number of hydrogen-bond acceptors (Lipinski definition) is 3. The lowest BCUT2D eigenvalue weighted by Crippen LogP contribution is -2.54. The van der Waals surface area contributed by atoms with Gasteiger partial charge in [0.1, 0.15) is 0 Å². The monoisotopic (exact) mass is 574 g/mol. The van der Waals surface area contributed by atoms with Gasteiger partial charge in [0.2, 0.25) is 11.8 Å². The van der Waals surface area contributed by atoms with Crippen molar-refractivity contribution < 1.29 is 22.8 Å². The lowest BCUT2D eigenvalue weighted by atomic mass is 9.80. The van der Waals surface area contributed by atoms with E-state index in [1.54, 1.807) is 4.90 Å². The van der Waals surface area contributed by atoms with Crippen LogP contribution in [0.4, 0.5) is 13.2 Å². The number of halogens is 4. The number of aromatic nitrogens is 1. The van der Waals surface area contributed by atoms with Gasteiger partial charge in [-0.15, -0.1) is 12.4 Å². The van der Waals surface area contributed by atoms with Crippen LogP contribution in [0.5, 0.6) is 0 Å². The van der Waals surface area contributed by atoms with Gasteiger partial charge in [-0.05, 0) is 85.8 Å². The van der Waals surface area contributed by atoms with Gasteiger partial charge in [0, 0.05) is 42.3 Å².